The molecule has 2 rings (SSSR count). The molecule has 0 unspecified atom stereocenters. The Morgan fingerprint density at radius 1 is 1.42 bits per heavy atom. The lowest BCUT2D eigenvalue weighted by Crippen LogP contribution is -1.72. The Balaban J connectivity index is 2.60. The molecule has 2 heteroatoms. The fraction of sp³-hybridized carbons (Fsp3) is 0.100. The van der Waals surface area contributed by atoms with Crippen LogP contribution in [0.4, 0.5) is 0 Å². The third-order valence-electron chi connectivity index (χ3n) is 1.80. The predicted molar refractivity (Wildman–Crippen MR) is 50.8 cm³/mol. The zero-order valence-electron chi connectivity index (χ0n) is 6.91. The van der Waals surface area contributed by atoms with Crippen molar-refractivity contribution in [1.29, 1.82) is 0 Å². The standard InChI is InChI=1S/C10H10N2/c1-2-3-8-4-5-9-10(6-8)12-7-11-9/h2-7H,1H3,(H,11,12). The summed E-state index contributed by atoms with van der Waals surface area (Å²) in [7, 11) is 0. The van der Waals surface area contributed by atoms with Gasteiger partial charge < -0.3 is 4.98 Å². The van der Waals surface area contributed by atoms with E-state index in [4.69, 9.17) is 0 Å². The molecule has 1 aromatic heterocycles. The van der Waals surface area contributed by atoms with Crippen LogP contribution in [0.5, 0.6) is 0 Å². The van der Waals surface area contributed by atoms with Crippen molar-refractivity contribution in [2.75, 3.05) is 0 Å². The number of benzene rings is 1. The molecule has 0 fully saturated rings. The number of nitrogens with one attached hydrogen (secondary N) is 1. The fourth-order valence-electron chi connectivity index (χ4n) is 1.25. The van der Waals surface area contributed by atoms with E-state index in [9.17, 15) is 0 Å². The number of imidazole rings is 1. The zero-order valence-corrected chi connectivity index (χ0v) is 6.91. The van der Waals surface area contributed by atoms with Gasteiger partial charge in [-0.25, -0.2) is 4.98 Å². The van der Waals surface area contributed by atoms with E-state index in [-0.39, 0.29) is 0 Å². The van der Waals surface area contributed by atoms with Crippen LogP contribution in [0.1, 0.15) is 12.5 Å². The molecule has 2 aromatic rings. The van der Waals surface area contributed by atoms with Gasteiger partial charge in [-0.3, -0.25) is 0 Å². The van der Waals surface area contributed by atoms with Gasteiger partial charge in [-0.1, -0.05) is 18.2 Å². The highest BCUT2D eigenvalue weighted by Gasteiger charge is 1.94. The number of nitrogens with zero attached hydrogens (tertiary/aromatic N) is 1. The van der Waals surface area contributed by atoms with Gasteiger partial charge in [0, 0.05) is 0 Å². The molecule has 0 saturated carbocycles. The highest BCUT2D eigenvalue weighted by atomic mass is 14.9. The second-order valence-corrected chi connectivity index (χ2v) is 2.68. The highest BCUT2D eigenvalue weighted by molar-refractivity contribution is 5.77. The van der Waals surface area contributed by atoms with E-state index in [1.54, 1.807) is 6.33 Å². The molecule has 0 aliphatic rings. The van der Waals surface area contributed by atoms with Crippen molar-refractivity contribution < 1.29 is 0 Å². The Morgan fingerprint density at radius 2 is 2.33 bits per heavy atom. The second-order valence-electron chi connectivity index (χ2n) is 2.68. The molecule has 0 aliphatic carbocycles. The minimum atomic E-state index is 1.02. The van der Waals surface area contributed by atoms with Crippen LogP contribution in [0.25, 0.3) is 17.1 Å². The first-order chi connectivity index (χ1) is 5.90. The quantitative estimate of drug-likeness (QED) is 0.679. The van der Waals surface area contributed by atoms with Crippen LogP contribution in [0.15, 0.2) is 30.6 Å². The Hall–Kier alpha value is -1.57. The molecule has 0 amide bonds. The molecular weight excluding hydrogens is 148 g/mol. The van der Waals surface area contributed by atoms with E-state index >= 15 is 0 Å². The molecular formula is C10H10N2. The number of hydrogen-bond acceptors (Lipinski definition) is 1. The maximum absolute atomic E-state index is 4.14. The first-order valence-corrected chi connectivity index (χ1v) is 3.96. The predicted octanol–water partition coefficient (Wildman–Crippen LogP) is 2.60. The first kappa shape index (κ1) is 7.10. The number of aromatic amines is 1. The largest absolute Gasteiger partial charge is 0.345 e. The zero-order chi connectivity index (χ0) is 8.39. The summed E-state index contributed by atoms with van der Waals surface area (Å²) in [6, 6.07) is 6.16. The van der Waals surface area contributed by atoms with Gasteiger partial charge in [-0.15, -0.1) is 0 Å². The van der Waals surface area contributed by atoms with E-state index in [0.29, 0.717) is 0 Å². The van der Waals surface area contributed by atoms with Gasteiger partial charge in [0.2, 0.25) is 0 Å². The highest BCUT2D eigenvalue weighted by Crippen LogP contribution is 2.12. The van der Waals surface area contributed by atoms with Gasteiger partial charge in [0.15, 0.2) is 0 Å². The lowest BCUT2D eigenvalue weighted by atomic mass is 10.2. The molecule has 0 radical (unpaired) electrons. The lowest BCUT2D eigenvalue weighted by molar-refractivity contribution is 1.34. The van der Waals surface area contributed by atoms with E-state index in [0.717, 1.165) is 11.0 Å². The van der Waals surface area contributed by atoms with Gasteiger partial charge in [0.25, 0.3) is 0 Å². The summed E-state index contributed by atoms with van der Waals surface area (Å²) < 4.78 is 0. The van der Waals surface area contributed by atoms with Gasteiger partial charge in [-0.05, 0) is 24.6 Å². The lowest BCUT2D eigenvalue weighted by Gasteiger charge is -1.91. The van der Waals surface area contributed by atoms with Crippen molar-refractivity contribution in [2.24, 2.45) is 0 Å². The number of aromatic nitrogens is 2. The van der Waals surface area contributed by atoms with Gasteiger partial charge in [0.1, 0.15) is 0 Å². The summed E-state index contributed by atoms with van der Waals surface area (Å²) in [6.45, 7) is 2.01. The van der Waals surface area contributed by atoms with Crippen molar-refractivity contribution in [1.82, 2.24) is 9.97 Å². The average Bonchev–Trinajstić information content (AvgIpc) is 2.51. The van der Waals surface area contributed by atoms with Crippen LogP contribution in [0.3, 0.4) is 0 Å². The van der Waals surface area contributed by atoms with E-state index in [1.807, 2.05) is 19.1 Å². The van der Waals surface area contributed by atoms with Gasteiger partial charge in [0.05, 0.1) is 17.4 Å². The normalized spacial score (nSPS) is 11.4. The average molecular weight is 158 g/mol. The van der Waals surface area contributed by atoms with E-state index in [2.05, 4.69) is 28.2 Å². The Kier molecular flexibility index (Phi) is 1.67. The summed E-state index contributed by atoms with van der Waals surface area (Å²) >= 11 is 0. The van der Waals surface area contributed by atoms with E-state index in [1.165, 1.54) is 5.56 Å². The second kappa shape index (κ2) is 2.81. The first-order valence-electron chi connectivity index (χ1n) is 3.96. The number of H-pyrrole nitrogens is 1. The monoisotopic (exact) mass is 158 g/mol. The van der Waals surface area contributed by atoms with Crippen molar-refractivity contribution in [3.8, 4) is 0 Å². The fourth-order valence-corrected chi connectivity index (χ4v) is 1.25. The topological polar surface area (TPSA) is 28.7 Å². The Labute approximate surface area is 70.9 Å². The molecule has 1 N–H and O–H groups in total. The molecule has 0 spiro atoms. The summed E-state index contributed by atoms with van der Waals surface area (Å²) in [6.07, 6.45) is 5.81. The van der Waals surface area contributed by atoms with E-state index < -0.39 is 0 Å². The molecule has 60 valence electrons. The van der Waals surface area contributed by atoms with Crippen LogP contribution < -0.4 is 0 Å². The molecule has 0 saturated heterocycles. The molecule has 0 atom stereocenters. The Morgan fingerprint density at radius 3 is 3.17 bits per heavy atom. The molecule has 0 aliphatic heterocycles. The smallest absolute Gasteiger partial charge is 0.0931 e. The molecule has 1 aromatic carbocycles. The molecule has 12 heavy (non-hydrogen) atoms. The minimum Gasteiger partial charge on any atom is -0.345 e. The minimum absolute atomic E-state index is 1.02. The Bertz CT molecular complexity index is 412. The maximum Gasteiger partial charge on any atom is 0.0931 e. The summed E-state index contributed by atoms with van der Waals surface area (Å²) in [4.78, 5) is 7.21. The molecule has 0 bridgehead atoms. The van der Waals surface area contributed by atoms with Crippen molar-refractivity contribution in [3.63, 3.8) is 0 Å². The number of hydrogen-bond donors (Lipinski definition) is 1. The van der Waals surface area contributed by atoms with Crippen LogP contribution >= 0.6 is 0 Å². The van der Waals surface area contributed by atoms with Crippen molar-refractivity contribution in [3.05, 3.63) is 36.2 Å². The van der Waals surface area contributed by atoms with Crippen molar-refractivity contribution in [2.45, 2.75) is 6.92 Å². The maximum atomic E-state index is 4.14. The van der Waals surface area contributed by atoms with Crippen LogP contribution in [-0.2, 0) is 0 Å². The summed E-state index contributed by atoms with van der Waals surface area (Å²) in [5.74, 6) is 0. The van der Waals surface area contributed by atoms with Crippen molar-refractivity contribution >= 4 is 17.1 Å². The van der Waals surface area contributed by atoms with Gasteiger partial charge in [-0.2, -0.15) is 0 Å². The number of allylic oxidation sites excluding steroid dienone is 1. The third kappa shape index (κ3) is 1.11. The van der Waals surface area contributed by atoms with Crippen LogP contribution in [0, 0.1) is 0 Å². The van der Waals surface area contributed by atoms with Gasteiger partial charge >= 0.3 is 0 Å². The molecule has 2 nitrogen and oxygen atoms in total. The van der Waals surface area contributed by atoms with Crippen LogP contribution in [0.2, 0.25) is 0 Å². The number of fused-ring (bicyclic) bond motifs is 1. The molecule has 1 heterocycles. The summed E-state index contributed by atoms with van der Waals surface area (Å²) in [5.41, 5.74) is 3.31. The number of rotatable bonds is 1. The van der Waals surface area contributed by atoms with Crippen LogP contribution in [-0.4, -0.2) is 9.97 Å². The summed E-state index contributed by atoms with van der Waals surface area (Å²) in [5, 5.41) is 0. The SMILES string of the molecule is CC=Cc1ccc2nc[nH]c2c1. The third-order valence-corrected chi connectivity index (χ3v) is 1.80.